The Morgan fingerprint density at radius 1 is 1.32 bits per heavy atom. The highest BCUT2D eigenvalue weighted by Crippen LogP contribution is 2.06. The summed E-state index contributed by atoms with van der Waals surface area (Å²) in [5.74, 6) is -1.44. The van der Waals surface area contributed by atoms with Crippen molar-refractivity contribution in [1.29, 1.82) is 0 Å². The Kier molecular flexibility index (Phi) is 6.55. The van der Waals surface area contributed by atoms with Crippen LogP contribution in [0.1, 0.15) is 26.5 Å². The number of esters is 1. The maximum Gasteiger partial charge on any atom is 0.328 e. The first-order chi connectivity index (χ1) is 10.3. The van der Waals surface area contributed by atoms with E-state index in [1.165, 1.54) is 20.4 Å². The highest BCUT2D eigenvalue weighted by Gasteiger charge is 2.29. The van der Waals surface area contributed by atoms with Gasteiger partial charge in [0.05, 0.1) is 13.4 Å². The van der Waals surface area contributed by atoms with Crippen LogP contribution in [0.3, 0.4) is 0 Å². The molecule has 1 aromatic rings. The molecule has 0 aliphatic rings. The lowest BCUT2D eigenvalue weighted by atomic mass is 10.0. The Morgan fingerprint density at radius 2 is 2.00 bits per heavy atom. The minimum absolute atomic E-state index is 0.137. The van der Waals surface area contributed by atoms with E-state index in [-0.39, 0.29) is 18.2 Å². The van der Waals surface area contributed by atoms with E-state index >= 15 is 0 Å². The summed E-state index contributed by atoms with van der Waals surface area (Å²) in [6.45, 7) is 4.92. The number of carbonyl (C=O) groups is 3. The van der Waals surface area contributed by atoms with Gasteiger partial charge in [0.25, 0.3) is 0 Å². The van der Waals surface area contributed by atoms with Gasteiger partial charge in [0.2, 0.25) is 11.8 Å². The maximum absolute atomic E-state index is 12.4. The Balaban J connectivity index is 2.81. The molecule has 2 atom stereocenters. The average molecular weight is 310 g/mol. The summed E-state index contributed by atoms with van der Waals surface area (Å²) in [7, 11) is 1.26. The number of nitrogens with zero attached hydrogens (tertiary/aromatic N) is 1. The number of rotatable bonds is 7. The molecule has 1 rings (SSSR count). The van der Waals surface area contributed by atoms with Crippen molar-refractivity contribution in [3.63, 3.8) is 0 Å². The highest BCUT2D eigenvalue weighted by molar-refractivity contribution is 5.90. The molecule has 0 aromatic carbocycles. The van der Waals surface area contributed by atoms with Crippen LogP contribution in [-0.2, 0) is 25.5 Å². The molecule has 8 heteroatoms. The minimum Gasteiger partial charge on any atom is -0.467 e. The number of methoxy groups -OCH3 is 1. The Labute approximate surface area is 129 Å². The SMILES string of the molecule is COC(=O)[C@@H](NC(=O)[C@H](Cc1cnc[nH]1)NC(C)=O)C(C)C. The number of carbonyl (C=O) groups excluding carboxylic acids is 3. The van der Waals surface area contributed by atoms with Gasteiger partial charge in [-0.3, -0.25) is 9.59 Å². The number of aromatic amines is 1. The molecule has 1 heterocycles. The van der Waals surface area contributed by atoms with Crippen molar-refractivity contribution in [2.45, 2.75) is 39.3 Å². The van der Waals surface area contributed by atoms with Gasteiger partial charge >= 0.3 is 5.97 Å². The van der Waals surface area contributed by atoms with Crippen LogP contribution >= 0.6 is 0 Å². The number of aromatic nitrogens is 2. The van der Waals surface area contributed by atoms with Crippen LogP contribution < -0.4 is 10.6 Å². The second kappa shape index (κ2) is 8.16. The topological polar surface area (TPSA) is 113 Å². The van der Waals surface area contributed by atoms with E-state index in [0.717, 1.165) is 0 Å². The van der Waals surface area contributed by atoms with E-state index in [4.69, 9.17) is 0 Å². The van der Waals surface area contributed by atoms with Crippen molar-refractivity contribution in [2.75, 3.05) is 7.11 Å². The third kappa shape index (κ3) is 5.19. The number of imidazole rings is 1. The van der Waals surface area contributed by atoms with Crippen LogP contribution in [0.5, 0.6) is 0 Å². The number of nitrogens with one attached hydrogen (secondary N) is 3. The first-order valence-corrected chi connectivity index (χ1v) is 6.97. The second-order valence-corrected chi connectivity index (χ2v) is 5.29. The second-order valence-electron chi connectivity index (χ2n) is 5.29. The maximum atomic E-state index is 12.4. The first-order valence-electron chi connectivity index (χ1n) is 6.97. The summed E-state index contributed by atoms with van der Waals surface area (Å²) in [6, 6.07) is -1.57. The van der Waals surface area contributed by atoms with Gasteiger partial charge in [-0.05, 0) is 5.92 Å². The van der Waals surface area contributed by atoms with Gasteiger partial charge in [0.1, 0.15) is 12.1 Å². The van der Waals surface area contributed by atoms with E-state index in [2.05, 4.69) is 25.3 Å². The zero-order valence-electron chi connectivity index (χ0n) is 13.2. The first kappa shape index (κ1) is 17.7. The molecule has 0 saturated carbocycles. The fraction of sp³-hybridized carbons (Fsp3) is 0.571. The molecule has 2 amide bonds. The summed E-state index contributed by atoms with van der Waals surface area (Å²) in [6.07, 6.45) is 3.31. The van der Waals surface area contributed by atoms with Crippen LogP contribution in [0.25, 0.3) is 0 Å². The fourth-order valence-electron chi connectivity index (χ4n) is 1.95. The summed E-state index contributed by atoms with van der Waals surface area (Å²) in [4.78, 5) is 42.1. The molecule has 1 aromatic heterocycles. The van der Waals surface area contributed by atoms with Gasteiger partial charge in [-0.15, -0.1) is 0 Å². The molecule has 122 valence electrons. The summed E-state index contributed by atoms with van der Waals surface area (Å²) >= 11 is 0. The summed E-state index contributed by atoms with van der Waals surface area (Å²) in [5, 5.41) is 5.19. The lowest BCUT2D eigenvalue weighted by Crippen LogP contribution is -2.53. The molecule has 0 aliphatic carbocycles. The monoisotopic (exact) mass is 310 g/mol. The van der Waals surface area contributed by atoms with Gasteiger partial charge in [0, 0.05) is 25.2 Å². The van der Waals surface area contributed by atoms with Crippen molar-refractivity contribution in [3.8, 4) is 0 Å². The Bertz CT molecular complexity index is 513. The molecule has 0 saturated heterocycles. The molecule has 0 fully saturated rings. The number of H-pyrrole nitrogens is 1. The van der Waals surface area contributed by atoms with Gasteiger partial charge < -0.3 is 20.4 Å². The van der Waals surface area contributed by atoms with Gasteiger partial charge in [0.15, 0.2) is 0 Å². The third-order valence-corrected chi connectivity index (χ3v) is 3.09. The number of ether oxygens (including phenoxy) is 1. The van der Waals surface area contributed by atoms with Gasteiger partial charge in [-0.25, -0.2) is 9.78 Å². The Hall–Kier alpha value is -2.38. The van der Waals surface area contributed by atoms with Crippen molar-refractivity contribution in [3.05, 3.63) is 18.2 Å². The summed E-state index contributed by atoms with van der Waals surface area (Å²) in [5.41, 5.74) is 0.702. The third-order valence-electron chi connectivity index (χ3n) is 3.09. The number of hydrogen-bond donors (Lipinski definition) is 3. The van der Waals surface area contributed by atoms with E-state index in [1.807, 2.05) is 0 Å². The molecular weight excluding hydrogens is 288 g/mol. The lowest BCUT2D eigenvalue weighted by Gasteiger charge is -2.23. The van der Waals surface area contributed by atoms with Gasteiger partial charge in [-0.1, -0.05) is 13.8 Å². The lowest BCUT2D eigenvalue weighted by molar-refractivity contribution is -0.146. The van der Waals surface area contributed by atoms with E-state index in [9.17, 15) is 14.4 Å². The van der Waals surface area contributed by atoms with E-state index in [0.29, 0.717) is 5.69 Å². The molecular formula is C14H22N4O4. The predicted molar refractivity (Wildman–Crippen MR) is 78.7 cm³/mol. The molecule has 0 aliphatic heterocycles. The zero-order chi connectivity index (χ0) is 16.7. The largest absolute Gasteiger partial charge is 0.467 e. The zero-order valence-corrected chi connectivity index (χ0v) is 13.2. The van der Waals surface area contributed by atoms with Crippen LogP contribution in [0.15, 0.2) is 12.5 Å². The molecule has 22 heavy (non-hydrogen) atoms. The highest BCUT2D eigenvalue weighted by atomic mass is 16.5. The predicted octanol–water partition coefficient (Wildman–Crippen LogP) is -0.229. The molecule has 8 nitrogen and oxygen atoms in total. The number of hydrogen-bond acceptors (Lipinski definition) is 5. The normalized spacial score (nSPS) is 13.3. The smallest absolute Gasteiger partial charge is 0.328 e. The quantitative estimate of drug-likeness (QED) is 0.602. The van der Waals surface area contributed by atoms with Crippen LogP contribution in [0.2, 0.25) is 0 Å². The summed E-state index contributed by atoms with van der Waals surface area (Å²) < 4.78 is 4.68. The van der Waals surface area contributed by atoms with Crippen LogP contribution in [0.4, 0.5) is 0 Å². The molecule has 0 unspecified atom stereocenters. The van der Waals surface area contributed by atoms with Crippen molar-refractivity contribution in [2.24, 2.45) is 5.92 Å². The number of amides is 2. The average Bonchev–Trinajstić information content (AvgIpc) is 2.95. The van der Waals surface area contributed by atoms with Crippen molar-refractivity contribution in [1.82, 2.24) is 20.6 Å². The standard InChI is InChI=1S/C14H22N4O4/c1-8(2)12(14(21)22-4)18-13(20)11(17-9(3)19)5-10-6-15-7-16-10/h6-8,11-12H,5H2,1-4H3,(H,15,16)(H,17,19)(H,18,20)/t11-,12-/m0/s1. The molecule has 0 radical (unpaired) electrons. The minimum atomic E-state index is -0.802. The molecule has 3 N–H and O–H groups in total. The Morgan fingerprint density at radius 3 is 2.45 bits per heavy atom. The van der Waals surface area contributed by atoms with Crippen LogP contribution in [-0.4, -0.2) is 46.9 Å². The van der Waals surface area contributed by atoms with Crippen molar-refractivity contribution >= 4 is 17.8 Å². The van der Waals surface area contributed by atoms with E-state index < -0.39 is 24.0 Å². The van der Waals surface area contributed by atoms with Crippen molar-refractivity contribution < 1.29 is 19.1 Å². The van der Waals surface area contributed by atoms with Crippen LogP contribution in [0, 0.1) is 5.92 Å². The van der Waals surface area contributed by atoms with E-state index in [1.54, 1.807) is 20.0 Å². The molecule has 0 bridgehead atoms. The fourth-order valence-corrected chi connectivity index (χ4v) is 1.95. The molecule has 0 spiro atoms. The van der Waals surface area contributed by atoms with Gasteiger partial charge in [-0.2, -0.15) is 0 Å².